The Bertz CT molecular complexity index is 261. The summed E-state index contributed by atoms with van der Waals surface area (Å²) in [6.07, 6.45) is 2.36. The van der Waals surface area contributed by atoms with Crippen molar-refractivity contribution in [3.63, 3.8) is 0 Å². The molecule has 4 nitrogen and oxygen atoms in total. The van der Waals surface area contributed by atoms with Gasteiger partial charge in [0, 0.05) is 19.1 Å². The zero-order chi connectivity index (χ0) is 13.1. The van der Waals surface area contributed by atoms with E-state index in [1.807, 2.05) is 11.9 Å². The van der Waals surface area contributed by atoms with Crippen molar-refractivity contribution in [1.82, 2.24) is 9.80 Å². The van der Waals surface area contributed by atoms with E-state index in [1.165, 1.54) is 12.8 Å². The van der Waals surface area contributed by atoms with Gasteiger partial charge in [0.25, 0.3) is 0 Å². The van der Waals surface area contributed by atoms with E-state index in [9.17, 15) is 4.79 Å². The van der Waals surface area contributed by atoms with Gasteiger partial charge in [0.1, 0.15) is 0 Å². The Hall–Kier alpha value is -0.610. The fraction of sp³-hybridized carbons (Fsp3) is 0.923. The van der Waals surface area contributed by atoms with E-state index in [0.717, 1.165) is 13.1 Å². The van der Waals surface area contributed by atoms with Crippen LogP contribution in [0.4, 0.5) is 0 Å². The van der Waals surface area contributed by atoms with E-state index in [1.54, 1.807) is 0 Å². The van der Waals surface area contributed by atoms with Crippen LogP contribution in [-0.4, -0.2) is 55.0 Å². The summed E-state index contributed by atoms with van der Waals surface area (Å²) in [7, 11) is 2.00. The van der Waals surface area contributed by atoms with Crippen LogP contribution in [0.1, 0.15) is 33.6 Å². The molecule has 0 aliphatic heterocycles. The van der Waals surface area contributed by atoms with E-state index in [0.29, 0.717) is 19.1 Å². The molecule has 0 unspecified atom stereocenters. The van der Waals surface area contributed by atoms with Gasteiger partial charge >= 0.3 is 0 Å². The number of amides is 1. The lowest BCUT2D eigenvalue weighted by Crippen LogP contribution is -2.44. The van der Waals surface area contributed by atoms with E-state index in [4.69, 9.17) is 5.73 Å². The molecule has 1 fully saturated rings. The minimum absolute atomic E-state index is 0.0751. The zero-order valence-electron chi connectivity index (χ0n) is 11.7. The van der Waals surface area contributed by atoms with Crippen LogP contribution in [0.25, 0.3) is 0 Å². The average molecular weight is 241 g/mol. The van der Waals surface area contributed by atoms with Gasteiger partial charge in [-0.25, -0.2) is 0 Å². The maximum absolute atomic E-state index is 12.1. The molecule has 0 saturated heterocycles. The number of nitrogens with two attached hydrogens (primary N) is 1. The Morgan fingerprint density at radius 2 is 2.00 bits per heavy atom. The summed E-state index contributed by atoms with van der Waals surface area (Å²) in [4.78, 5) is 16.2. The van der Waals surface area contributed by atoms with E-state index < -0.39 is 0 Å². The second-order valence-corrected chi connectivity index (χ2v) is 5.95. The molecular weight excluding hydrogens is 214 g/mol. The molecule has 0 bridgehead atoms. The van der Waals surface area contributed by atoms with Crippen LogP contribution in [0, 0.1) is 5.41 Å². The van der Waals surface area contributed by atoms with Crippen molar-refractivity contribution in [2.75, 3.05) is 33.2 Å². The largest absolute Gasteiger partial charge is 0.339 e. The smallest absolute Gasteiger partial charge is 0.236 e. The average Bonchev–Trinajstić information content (AvgIpc) is 3.02. The predicted molar refractivity (Wildman–Crippen MR) is 70.7 cm³/mol. The first-order valence-corrected chi connectivity index (χ1v) is 6.57. The van der Waals surface area contributed by atoms with Crippen molar-refractivity contribution in [2.24, 2.45) is 11.1 Å². The monoisotopic (exact) mass is 241 g/mol. The summed E-state index contributed by atoms with van der Waals surface area (Å²) >= 11 is 0. The van der Waals surface area contributed by atoms with Gasteiger partial charge < -0.3 is 10.6 Å². The number of rotatable bonds is 7. The molecular formula is C13H27N3O. The molecule has 0 heterocycles. The van der Waals surface area contributed by atoms with Crippen LogP contribution >= 0.6 is 0 Å². The molecule has 4 heteroatoms. The van der Waals surface area contributed by atoms with Crippen molar-refractivity contribution in [1.29, 1.82) is 0 Å². The molecule has 2 N–H and O–H groups in total. The highest BCUT2D eigenvalue weighted by atomic mass is 16.2. The predicted octanol–water partition coefficient (Wildman–Crippen LogP) is 0.914. The summed E-state index contributed by atoms with van der Waals surface area (Å²) in [5.41, 5.74) is 5.78. The van der Waals surface area contributed by atoms with Gasteiger partial charge in [-0.2, -0.15) is 0 Å². The van der Waals surface area contributed by atoms with Gasteiger partial charge in [-0.05, 0) is 38.8 Å². The van der Waals surface area contributed by atoms with Crippen LogP contribution < -0.4 is 5.73 Å². The van der Waals surface area contributed by atoms with Gasteiger partial charge in [-0.15, -0.1) is 0 Å². The third-order valence-electron chi connectivity index (χ3n) is 3.30. The standard InChI is InChI=1S/C13H27N3O/c1-5-16(11-6-7-11)12(17)8-15(4)10-13(2,3)9-14/h11H,5-10,14H2,1-4H3. The molecule has 1 amide bonds. The first-order valence-electron chi connectivity index (χ1n) is 6.57. The molecule has 100 valence electrons. The molecule has 0 radical (unpaired) electrons. The summed E-state index contributed by atoms with van der Waals surface area (Å²) in [6, 6.07) is 0.517. The molecule has 1 saturated carbocycles. The Balaban J connectivity index is 2.39. The molecule has 0 spiro atoms. The Kier molecular flexibility index (Phi) is 4.95. The van der Waals surface area contributed by atoms with Gasteiger partial charge in [0.2, 0.25) is 5.91 Å². The lowest BCUT2D eigenvalue weighted by Gasteiger charge is -2.30. The summed E-state index contributed by atoms with van der Waals surface area (Å²) in [6.45, 7) is 9.16. The first kappa shape index (κ1) is 14.5. The number of carbonyl (C=O) groups is 1. The Morgan fingerprint density at radius 1 is 1.41 bits per heavy atom. The Morgan fingerprint density at radius 3 is 2.41 bits per heavy atom. The maximum atomic E-state index is 12.1. The molecule has 0 atom stereocenters. The van der Waals surface area contributed by atoms with E-state index >= 15 is 0 Å². The zero-order valence-corrected chi connectivity index (χ0v) is 11.7. The molecule has 0 aromatic heterocycles. The van der Waals surface area contributed by atoms with Crippen molar-refractivity contribution in [2.45, 2.75) is 39.7 Å². The van der Waals surface area contributed by atoms with Gasteiger partial charge in [0.05, 0.1) is 6.54 Å². The van der Waals surface area contributed by atoms with Crippen molar-refractivity contribution in [3.8, 4) is 0 Å². The fourth-order valence-electron chi connectivity index (χ4n) is 2.20. The molecule has 0 aromatic rings. The topological polar surface area (TPSA) is 49.6 Å². The van der Waals surface area contributed by atoms with Crippen LogP contribution in [-0.2, 0) is 4.79 Å². The minimum Gasteiger partial charge on any atom is -0.339 e. The minimum atomic E-state index is 0.0751. The van der Waals surface area contributed by atoms with Gasteiger partial charge in [0.15, 0.2) is 0 Å². The van der Waals surface area contributed by atoms with Crippen molar-refractivity contribution in [3.05, 3.63) is 0 Å². The lowest BCUT2D eigenvalue weighted by molar-refractivity contribution is -0.132. The Labute approximate surface area is 105 Å². The molecule has 1 rings (SSSR count). The highest BCUT2D eigenvalue weighted by Gasteiger charge is 2.31. The maximum Gasteiger partial charge on any atom is 0.236 e. The number of carbonyl (C=O) groups excluding carboxylic acids is 1. The van der Waals surface area contributed by atoms with E-state index in [-0.39, 0.29) is 11.3 Å². The molecule has 0 aromatic carbocycles. The molecule has 17 heavy (non-hydrogen) atoms. The first-order chi connectivity index (χ1) is 7.89. The number of nitrogens with zero attached hydrogens (tertiary/aromatic N) is 2. The highest BCUT2D eigenvalue weighted by Crippen LogP contribution is 2.26. The quantitative estimate of drug-likeness (QED) is 0.721. The molecule has 1 aliphatic carbocycles. The van der Waals surface area contributed by atoms with Crippen LogP contribution in [0.3, 0.4) is 0 Å². The van der Waals surface area contributed by atoms with Crippen LogP contribution in [0.5, 0.6) is 0 Å². The number of hydrogen-bond donors (Lipinski definition) is 1. The second-order valence-electron chi connectivity index (χ2n) is 5.95. The molecule has 1 aliphatic rings. The summed E-state index contributed by atoms with van der Waals surface area (Å²) < 4.78 is 0. The summed E-state index contributed by atoms with van der Waals surface area (Å²) in [5, 5.41) is 0. The second kappa shape index (κ2) is 5.83. The summed E-state index contributed by atoms with van der Waals surface area (Å²) in [5.74, 6) is 0.255. The third kappa shape index (κ3) is 4.64. The third-order valence-corrected chi connectivity index (χ3v) is 3.30. The van der Waals surface area contributed by atoms with Gasteiger partial charge in [-0.3, -0.25) is 9.69 Å². The van der Waals surface area contributed by atoms with E-state index in [2.05, 4.69) is 25.7 Å². The lowest BCUT2D eigenvalue weighted by atomic mass is 9.93. The highest BCUT2D eigenvalue weighted by molar-refractivity contribution is 5.78. The number of hydrogen-bond acceptors (Lipinski definition) is 3. The number of likely N-dealkylation sites (N-methyl/N-ethyl adjacent to an activating group) is 2. The van der Waals surface area contributed by atoms with Crippen molar-refractivity contribution >= 4 is 5.91 Å². The SMILES string of the molecule is CCN(C(=O)CN(C)CC(C)(C)CN)C1CC1. The van der Waals surface area contributed by atoms with Crippen LogP contribution in [0.2, 0.25) is 0 Å². The normalized spacial score (nSPS) is 16.4. The van der Waals surface area contributed by atoms with Crippen molar-refractivity contribution < 1.29 is 4.79 Å². The van der Waals surface area contributed by atoms with Gasteiger partial charge in [-0.1, -0.05) is 13.8 Å². The fourth-order valence-corrected chi connectivity index (χ4v) is 2.20. The van der Waals surface area contributed by atoms with Crippen LogP contribution in [0.15, 0.2) is 0 Å².